The zero-order chi connectivity index (χ0) is 8.36. The molecule has 0 aliphatic carbocycles. The highest BCUT2D eigenvalue weighted by Crippen LogP contribution is 2.19. The third-order valence-electron chi connectivity index (χ3n) is 0.781. The van der Waals surface area contributed by atoms with Crippen molar-refractivity contribution in [3.8, 4) is 12.3 Å². The van der Waals surface area contributed by atoms with Crippen molar-refractivity contribution in [1.29, 1.82) is 0 Å². The number of terminal acetylenes is 1. The van der Waals surface area contributed by atoms with Gasteiger partial charge in [0.05, 0.1) is 6.61 Å². The van der Waals surface area contributed by atoms with E-state index < -0.39 is 0 Å². The molecule has 0 rings (SSSR count). The highest BCUT2D eigenvalue weighted by molar-refractivity contribution is 8.76. The van der Waals surface area contributed by atoms with Gasteiger partial charge in [-0.15, -0.1) is 6.42 Å². The first-order valence-electron chi connectivity index (χ1n) is 3.37. The second kappa shape index (κ2) is 10.2. The summed E-state index contributed by atoms with van der Waals surface area (Å²) in [5.74, 6) is 4.39. The van der Waals surface area contributed by atoms with Crippen LogP contribution in [0.3, 0.4) is 0 Å². The Bertz CT molecular complexity index is 113. The molecule has 11 heavy (non-hydrogen) atoms. The fraction of sp³-hybridized carbons (Fsp3) is 0.714. The molecule has 0 aromatic rings. The lowest BCUT2D eigenvalue weighted by Gasteiger charge is -1.98. The molecule has 2 nitrogen and oxygen atoms in total. The third kappa shape index (κ3) is 10.2. The SMILES string of the molecule is C#CCOCCSSCCN. The van der Waals surface area contributed by atoms with Crippen LogP contribution in [-0.2, 0) is 4.74 Å². The standard InChI is InChI=1S/C7H13NOS2/c1-2-4-9-5-7-11-10-6-3-8/h1H,3-8H2. The molecule has 0 fully saturated rings. The molecular weight excluding hydrogens is 178 g/mol. The molecule has 0 saturated carbocycles. The van der Waals surface area contributed by atoms with Crippen molar-refractivity contribution in [3.63, 3.8) is 0 Å². The molecule has 0 radical (unpaired) electrons. The minimum absolute atomic E-state index is 0.419. The molecule has 0 aromatic carbocycles. The van der Waals surface area contributed by atoms with Crippen LogP contribution < -0.4 is 5.73 Å². The summed E-state index contributed by atoms with van der Waals surface area (Å²) in [5.41, 5.74) is 5.30. The molecule has 0 aliphatic heterocycles. The van der Waals surface area contributed by atoms with Crippen molar-refractivity contribution >= 4 is 21.6 Å². The zero-order valence-corrected chi connectivity index (χ0v) is 8.05. The van der Waals surface area contributed by atoms with Gasteiger partial charge in [0.25, 0.3) is 0 Å². The fourth-order valence-electron chi connectivity index (χ4n) is 0.390. The van der Waals surface area contributed by atoms with Gasteiger partial charge in [0.15, 0.2) is 0 Å². The van der Waals surface area contributed by atoms with Crippen molar-refractivity contribution in [2.45, 2.75) is 0 Å². The zero-order valence-electron chi connectivity index (χ0n) is 6.41. The summed E-state index contributed by atoms with van der Waals surface area (Å²) in [5, 5.41) is 0. The molecular formula is C7H13NOS2. The van der Waals surface area contributed by atoms with Gasteiger partial charge in [-0.2, -0.15) is 0 Å². The van der Waals surface area contributed by atoms with E-state index in [1.54, 1.807) is 21.6 Å². The Hall–Kier alpha value is 0.180. The maximum atomic E-state index is 5.30. The van der Waals surface area contributed by atoms with E-state index >= 15 is 0 Å². The summed E-state index contributed by atoms with van der Waals surface area (Å²) in [4.78, 5) is 0. The lowest BCUT2D eigenvalue weighted by atomic mass is 10.7. The van der Waals surface area contributed by atoms with Gasteiger partial charge in [-0.1, -0.05) is 27.5 Å². The quantitative estimate of drug-likeness (QED) is 0.369. The maximum Gasteiger partial charge on any atom is 0.107 e. The van der Waals surface area contributed by atoms with E-state index in [0.29, 0.717) is 6.61 Å². The summed E-state index contributed by atoms with van der Waals surface area (Å²) in [6.45, 7) is 1.89. The first-order valence-corrected chi connectivity index (χ1v) is 5.86. The number of nitrogens with two attached hydrogens (primary N) is 1. The minimum atomic E-state index is 0.419. The van der Waals surface area contributed by atoms with E-state index in [0.717, 1.165) is 24.7 Å². The van der Waals surface area contributed by atoms with E-state index in [1.807, 2.05) is 0 Å². The molecule has 0 aliphatic rings. The largest absolute Gasteiger partial charge is 0.368 e. The molecule has 0 amide bonds. The Kier molecular flexibility index (Phi) is 10.3. The summed E-state index contributed by atoms with van der Waals surface area (Å²) < 4.78 is 5.06. The monoisotopic (exact) mass is 191 g/mol. The Morgan fingerprint density at radius 1 is 1.36 bits per heavy atom. The van der Waals surface area contributed by atoms with E-state index in [2.05, 4.69) is 5.92 Å². The molecule has 0 saturated heterocycles. The van der Waals surface area contributed by atoms with Crippen molar-refractivity contribution < 1.29 is 4.74 Å². The highest BCUT2D eigenvalue weighted by atomic mass is 33.1. The second-order valence-corrected chi connectivity index (χ2v) is 4.39. The smallest absolute Gasteiger partial charge is 0.107 e. The van der Waals surface area contributed by atoms with Gasteiger partial charge in [0.1, 0.15) is 6.61 Å². The Morgan fingerprint density at radius 3 is 2.73 bits per heavy atom. The Labute approximate surface area is 76.0 Å². The Morgan fingerprint density at radius 2 is 2.09 bits per heavy atom. The normalized spacial score (nSPS) is 9.45. The topological polar surface area (TPSA) is 35.2 Å². The molecule has 0 spiro atoms. The number of hydrogen-bond donors (Lipinski definition) is 1. The average Bonchev–Trinajstić information content (AvgIpc) is 2.03. The van der Waals surface area contributed by atoms with Crippen LogP contribution in [0.1, 0.15) is 0 Å². The lowest BCUT2D eigenvalue weighted by Crippen LogP contribution is -2.01. The predicted molar refractivity (Wildman–Crippen MR) is 53.6 cm³/mol. The summed E-state index contributed by atoms with van der Waals surface area (Å²) in [6, 6.07) is 0. The van der Waals surface area contributed by atoms with E-state index in [1.165, 1.54) is 0 Å². The Balaban J connectivity index is 2.75. The molecule has 0 atom stereocenters. The molecule has 4 heteroatoms. The average molecular weight is 191 g/mol. The van der Waals surface area contributed by atoms with E-state index in [-0.39, 0.29) is 0 Å². The number of ether oxygens (including phenoxy) is 1. The summed E-state index contributed by atoms with van der Waals surface area (Å²) >= 11 is 0. The van der Waals surface area contributed by atoms with Crippen LogP contribution >= 0.6 is 21.6 Å². The fourth-order valence-corrected chi connectivity index (χ4v) is 2.11. The number of rotatable bonds is 7. The van der Waals surface area contributed by atoms with E-state index in [9.17, 15) is 0 Å². The van der Waals surface area contributed by atoms with Gasteiger partial charge in [0.2, 0.25) is 0 Å². The number of hydrogen-bond acceptors (Lipinski definition) is 4. The van der Waals surface area contributed by atoms with Crippen LogP contribution in [0.15, 0.2) is 0 Å². The molecule has 0 bridgehead atoms. The molecule has 0 aromatic heterocycles. The molecule has 0 heterocycles. The lowest BCUT2D eigenvalue weighted by molar-refractivity contribution is 0.185. The van der Waals surface area contributed by atoms with Crippen LogP contribution in [-0.4, -0.2) is 31.3 Å². The first-order chi connectivity index (χ1) is 5.41. The highest BCUT2D eigenvalue weighted by Gasteiger charge is 1.88. The van der Waals surface area contributed by atoms with Gasteiger partial charge < -0.3 is 10.5 Å². The van der Waals surface area contributed by atoms with E-state index in [4.69, 9.17) is 16.9 Å². The predicted octanol–water partition coefficient (Wildman–Crippen LogP) is 0.976. The van der Waals surface area contributed by atoms with Gasteiger partial charge in [-0.05, 0) is 0 Å². The third-order valence-corrected chi connectivity index (χ3v) is 3.18. The van der Waals surface area contributed by atoms with Crippen LogP contribution in [0.4, 0.5) is 0 Å². The van der Waals surface area contributed by atoms with Crippen molar-refractivity contribution in [2.24, 2.45) is 5.73 Å². The molecule has 64 valence electrons. The molecule has 2 N–H and O–H groups in total. The van der Waals surface area contributed by atoms with Gasteiger partial charge in [0, 0.05) is 18.1 Å². The van der Waals surface area contributed by atoms with Crippen LogP contribution in [0.2, 0.25) is 0 Å². The maximum absolute atomic E-state index is 5.30. The first kappa shape index (κ1) is 11.2. The van der Waals surface area contributed by atoms with Crippen molar-refractivity contribution in [2.75, 3.05) is 31.3 Å². The van der Waals surface area contributed by atoms with Crippen LogP contribution in [0, 0.1) is 12.3 Å². The summed E-state index contributed by atoms with van der Waals surface area (Å²) in [6.07, 6.45) is 4.99. The van der Waals surface area contributed by atoms with Crippen molar-refractivity contribution in [1.82, 2.24) is 0 Å². The summed E-state index contributed by atoms with van der Waals surface area (Å²) in [7, 11) is 3.54. The van der Waals surface area contributed by atoms with Gasteiger partial charge in [-0.3, -0.25) is 0 Å². The van der Waals surface area contributed by atoms with Crippen molar-refractivity contribution in [3.05, 3.63) is 0 Å². The second-order valence-electron chi connectivity index (χ2n) is 1.69. The van der Waals surface area contributed by atoms with Crippen LogP contribution in [0.25, 0.3) is 0 Å². The van der Waals surface area contributed by atoms with Gasteiger partial charge in [-0.25, -0.2) is 0 Å². The minimum Gasteiger partial charge on any atom is -0.368 e. The van der Waals surface area contributed by atoms with Gasteiger partial charge >= 0.3 is 0 Å². The van der Waals surface area contributed by atoms with Crippen LogP contribution in [0.5, 0.6) is 0 Å². The molecule has 0 unspecified atom stereocenters.